The number of nitrogens with zero attached hydrogens (tertiary/aromatic N) is 1. The van der Waals surface area contributed by atoms with E-state index in [1.165, 1.54) is 0 Å². The average Bonchev–Trinajstić information content (AvgIpc) is 3.25. The number of hydrogen-bond donors (Lipinski definition) is 0. The molecular formula is C24H29NO3. The van der Waals surface area contributed by atoms with Crippen molar-refractivity contribution in [3.05, 3.63) is 71.8 Å². The van der Waals surface area contributed by atoms with Crippen molar-refractivity contribution in [3.8, 4) is 0 Å². The summed E-state index contributed by atoms with van der Waals surface area (Å²) in [7, 11) is 0. The van der Waals surface area contributed by atoms with Gasteiger partial charge in [-0.1, -0.05) is 73.5 Å². The normalized spacial score (nSPS) is 14.2. The fourth-order valence-electron chi connectivity index (χ4n) is 4.07. The fourth-order valence-corrected chi connectivity index (χ4v) is 4.07. The SMILES string of the molecule is CCOC(=O)CCN(C(=O)C(c1ccccc1)c1ccccc1)C1CCCC1. The van der Waals surface area contributed by atoms with Crippen LogP contribution >= 0.6 is 0 Å². The number of amides is 1. The summed E-state index contributed by atoms with van der Waals surface area (Å²) in [4.78, 5) is 27.6. The van der Waals surface area contributed by atoms with E-state index in [9.17, 15) is 9.59 Å². The van der Waals surface area contributed by atoms with Crippen LogP contribution in [0.5, 0.6) is 0 Å². The summed E-state index contributed by atoms with van der Waals surface area (Å²) in [5.74, 6) is -0.520. The first kappa shape index (κ1) is 20.1. The van der Waals surface area contributed by atoms with Crippen LogP contribution in [0.2, 0.25) is 0 Å². The van der Waals surface area contributed by atoms with Gasteiger partial charge in [0.1, 0.15) is 0 Å². The molecule has 1 amide bonds. The van der Waals surface area contributed by atoms with Crippen LogP contribution < -0.4 is 0 Å². The molecule has 2 aromatic carbocycles. The molecule has 0 atom stereocenters. The van der Waals surface area contributed by atoms with Crippen LogP contribution in [-0.4, -0.2) is 36.0 Å². The van der Waals surface area contributed by atoms with Gasteiger partial charge in [-0.3, -0.25) is 9.59 Å². The maximum atomic E-state index is 13.8. The summed E-state index contributed by atoms with van der Waals surface area (Å²) in [5, 5.41) is 0. The summed E-state index contributed by atoms with van der Waals surface area (Å²) < 4.78 is 5.09. The predicted octanol–water partition coefficient (Wildman–Crippen LogP) is 4.54. The van der Waals surface area contributed by atoms with Crippen molar-refractivity contribution >= 4 is 11.9 Å². The number of carbonyl (C=O) groups is 2. The smallest absolute Gasteiger partial charge is 0.307 e. The van der Waals surface area contributed by atoms with Crippen LogP contribution in [0.3, 0.4) is 0 Å². The molecule has 0 aliphatic heterocycles. The first-order chi connectivity index (χ1) is 13.7. The summed E-state index contributed by atoms with van der Waals surface area (Å²) in [6.07, 6.45) is 4.52. The van der Waals surface area contributed by atoms with Gasteiger partial charge in [0.15, 0.2) is 0 Å². The lowest BCUT2D eigenvalue weighted by Gasteiger charge is -2.32. The fraction of sp³-hybridized carbons (Fsp3) is 0.417. The van der Waals surface area contributed by atoms with Crippen LogP contribution in [0, 0.1) is 0 Å². The molecule has 0 saturated heterocycles. The first-order valence-electron chi connectivity index (χ1n) is 10.3. The van der Waals surface area contributed by atoms with Gasteiger partial charge in [-0.05, 0) is 30.9 Å². The minimum absolute atomic E-state index is 0.0774. The summed E-state index contributed by atoms with van der Waals surface area (Å²) in [6.45, 7) is 2.59. The number of benzene rings is 2. The zero-order chi connectivity index (χ0) is 19.8. The third-order valence-corrected chi connectivity index (χ3v) is 5.42. The quantitative estimate of drug-likeness (QED) is 0.633. The van der Waals surface area contributed by atoms with Crippen molar-refractivity contribution in [2.24, 2.45) is 0 Å². The van der Waals surface area contributed by atoms with E-state index in [0.29, 0.717) is 13.2 Å². The highest BCUT2D eigenvalue weighted by Gasteiger charge is 2.33. The molecule has 1 saturated carbocycles. The Bertz CT molecular complexity index is 714. The van der Waals surface area contributed by atoms with Gasteiger partial charge in [-0.2, -0.15) is 0 Å². The van der Waals surface area contributed by atoms with E-state index in [-0.39, 0.29) is 30.3 Å². The lowest BCUT2D eigenvalue weighted by atomic mass is 9.89. The van der Waals surface area contributed by atoms with Crippen LogP contribution in [0.25, 0.3) is 0 Å². The van der Waals surface area contributed by atoms with Gasteiger partial charge >= 0.3 is 5.97 Å². The third kappa shape index (κ3) is 5.00. The van der Waals surface area contributed by atoms with Crippen LogP contribution in [0.1, 0.15) is 56.1 Å². The van der Waals surface area contributed by atoms with Crippen molar-refractivity contribution in [1.82, 2.24) is 4.90 Å². The van der Waals surface area contributed by atoms with E-state index in [0.717, 1.165) is 36.8 Å². The molecule has 0 N–H and O–H groups in total. The molecule has 2 aromatic rings. The summed E-state index contributed by atoms with van der Waals surface area (Å²) in [6, 6.07) is 20.0. The predicted molar refractivity (Wildman–Crippen MR) is 110 cm³/mol. The molecule has 0 unspecified atom stereocenters. The van der Waals surface area contributed by atoms with E-state index in [4.69, 9.17) is 4.74 Å². The topological polar surface area (TPSA) is 46.6 Å². The highest BCUT2D eigenvalue weighted by Crippen LogP contribution is 2.31. The molecule has 0 radical (unpaired) electrons. The van der Waals surface area contributed by atoms with Gasteiger partial charge < -0.3 is 9.64 Å². The minimum Gasteiger partial charge on any atom is -0.466 e. The van der Waals surface area contributed by atoms with Gasteiger partial charge in [0, 0.05) is 12.6 Å². The Kier molecular flexibility index (Phi) is 7.24. The Morgan fingerprint density at radius 2 is 1.50 bits per heavy atom. The maximum Gasteiger partial charge on any atom is 0.307 e. The van der Waals surface area contributed by atoms with Crippen LogP contribution in [0.4, 0.5) is 0 Å². The molecule has 3 rings (SSSR count). The van der Waals surface area contributed by atoms with Crippen molar-refractivity contribution in [2.45, 2.75) is 51.0 Å². The number of carbonyl (C=O) groups excluding carboxylic acids is 2. The number of hydrogen-bond acceptors (Lipinski definition) is 3. The zero-order valence-corrected chi connectivity index (χ0v) is 16.5. The van der Waals surface area contributed by atoms with Gasteiger partial charge in [-0.25, -0.2) is 0 Å². The van der Waals surface area contributed by atoms with Crippen molar-refractivity contribution < 1.29 is 14.3 Å². The molecule has 0 bridgehead atoms. The zero-order valence-electron chi connectivity index (χ0n) is 16.5. The van der Waals surface area contributed by atoms with Gasteiger partial charge in [-0.15, -0.1) is 0 Å². The highest BCUT2D eigenvalue weighted by atomic mass is 16.5. The van der Waals surface area contributed by atoms with Crippen molar-refractivity contribution in [3.63, 3.8) is 0 Å². The van der Waals surface area contributed by atoms with E-state index in [1.54, 1.807) is 6.92 Å². The van der Waals surface area contributed by atoms with Gasteiger partial charge in [0.05, 0.1) is 18.9 Å². The molecule has 1 fully saturated rings. The summed E-state index contributed by atoms with van der Waals surface area (Å²) in [5.41, 5.74) is 1.97. The Morgan fingerprint density at radius 1 is 0.964 bits per heavy atom. The van der Waals surface area contributed by atoms with E-state index in [2.05, 4.69) is 0 Å². The molecule has 4 nitrogen and oxygen atoms in total. The number of rotatable bonds is 8. The Morgan fingerprint density at radius 3 is 2.00 bits per heavy atom. The molecule has 0 spiro atoms. The molecular weight excluding hydrogens is 350 g/mol. The van der Waals surface area contributed by atoms with E-state index < -0.39 is 0 Å². The standard InChI is InChI=1S/C24H29NO3/c1-2-28-22(26)17-18-25(21-15-9-10-16-21)24(27)23(19-11-5-3-6-12-19)20-13-7-4-8-14-20/h3-8,11-14,21,23H,2,9-10,15-18H2,1H3. The lowest BCUT2D eigenvalue weighted by Crippen LogP contribution is -2.43. The Balaban J connectivity index is 1.89. The minimum atomic E-state index is -0.356. The molecule has 1 aliphatic carbocycles. The monoisotopic (exact) mass is 379 g/mol. The maximum absolute atomic E-state index is 13.8. The second-order valence-corrected chi connectivity index (χ2v) is 7.28. The van der Waals surface area contributed by atoms with E-state index in [1.807, 2.05) is 65.6 Å². The van der Waals surface area contributed by atoms with Crippen molar-refractivity contribution in [1.29, 1.82) is 0 Å². The second-order valence-electron chi connectivity index (χ2n) is 7.28. The number of esters is 1. The number of ether oxygens (including phenoxy) is 1. The average molecular weight is 380 g/mol. The molecule has 28 heavy (non-hydrogen) atoms. The van der Waals surface area contributed by atoms with E-state index >= 15 is 0 Å². The van der Waals surface area contributed by atoms with Gasteiger partial charge in [0.2, 0.25) is 5.91 Å². The molecule has 148 valence electrons. The summed E-state index contributed by atoms with van der Waals surface area (Å²) >= 11 is 0. The van der Waals surface area contributed by atoms with Gasteiger partial charge in [0.25, 0.3) is 0 Å². The molecule has 0 aromatic heterocycles. The Labute approximate surface area is 167 Å². The molecule has 1 aliphatic rings. The van der Waals surface area contributed by atoms with Crippen LogP contribution in [0.15, 0.2) is 60.7 Å². The largest absolute Gasteiger partial charge is 0.466 e. The highest BCUT2D eigenvalue weighted by molar-refractivity contribution is 5.88. The first-order valence-corrected chi connectivity index (χ1v) is 10.3. The van der Waals surface area contributed by atoms with Crippen LogP contribution in [-0.2, 0) is 14.3 Å². The molecule has 0 heterocycles. The lowest BCUT2D eigenvalue weighted by molar-refractivity contribution is -0.144. The van der Waals surface area contributed by atoms with Crippen molar-refractivity contribution in [2.75, 3.05) is 13.2 Å². The molecule has 4 heteroatoms. The Hall–Kier alpha value is -2.62. The third-order valence-electron chi connectivity index (χ3n) is 5.42. The second kappa shape index (κ2) is 10.1.